The maximum absolute atomic E-state index is 5.81. The summed E-state index contributed by atoms with van der Waals surface area (Å²) in [7, 11) is 0. The molecule has 1 atom stereocenters. The highest BCUT2D eigenvalue weighted by Gasteiger charge is 2.21. The minimum atomic E-state index is 0.105. The van der Waals surface area contributed by atoms with Crippen molar-refractivity contribution < 1.29 is 0 Å². The molecule has 0 spiro atoms. The molecule has 1 unspecified atom stereocenters. The van der Waals surface area contributed by atoms with E-state index < -0.39 is 0 Å². The van der Waals surface area contributed by atoms with Gasteiger partial charge in [0.25, 0.3) is 0 Å². The number of hydrogen-bond donors (Lipinski definition) is 1. The Morgan fingerprint density at radius 1 is 1.67 bits per heavy atom. The van der Waals surface area contributed by atoms with Gasteiger partial charge in [0.2, 0.25) is 0 Å². The minimum Gasteiger partial charge on any atom is -0.330 e. The Morgan fingerprint density at radius 2 is 2.42 bits per heavy atom. The zero-order valence-electron chi connectivity index (χ0n) is 7.40. The molecule has 1 saturated carbocycles. The summed E-state index contributed by atoms with van der Waals surface area (Å²) in [6.07, 6.45) is 7.71. The molecule has 0 radical (unpaired) electrons. The quantitative estimate of drug-likeness (QED) is 0.723. The molecule has 66 valence electrons. The number of nitrogens with zero attached hydrogens (tertiary/aromatic N) is 2. The third-order valence-corrected chi connectivity index (χ3v) is 2.63. The Bertz CT molecular complexity index is 260. The number of rotatable bonds is 2. The molecule has 0 saturated heterocycles. The molecule has 2 N–H and O–H groups in total. The fourth-order valence-electron chi connectivity index (χ4n) is 1.64. The smallest absolute Gasteiger partial charge is 0.0951 e. The van der Waals surface area contributed by atoms with Gasteiger partial charge in [-0.3, -0.25) is 0 Å². The average molecular weight is 165 g/mol. The lowest BCUT2D eigenvalue weighted by molar-refractivity contribution is 0.304. The van der Waals surface area contributed by atoms with Gasteiger partial charge in [0.1, 0.15) is 0 Å². The van der Waals surface area contributed by atoms with Crippen LogP contribution < -0.4 is 5.73 Å². The van der Waals surface area contributed by atoms with Crippen LogP contribution in [0, 0.1) is 0 Å². The van der Waals surface area contributed by atoms with E-state index in [-0.39, 0.29) is 6.04 Å². The zero-order chi connectivity index (χ0) is 8.55. The van der Waals surface area contributed by atoms with Crippen molar-refractivity contribution in [3.63, 3.8) is 0 Å². The highest BCUT2D eigenvalue weighted by molar-refractivity contribution is 5.05. The number of hydrogen-bond acceptors (Lipinski definition) is 2. The SMILES string of the molecule is CC(N)c1cncn1C1CCC1. The summed E-state index contributed by atoms with van der Waals surface area (Å²) < 4.78 is 2.23. The number of aromatic nitrogens is 2. The predicted octanol–water partition coefficient (Wildman–Crippen LogP) is 1.63. The monoisotopic (exact) mass is 165 g/mol. The van der Waals surface area contributed by atoms with E-state index in [4.69, 9.17) is 5.73 Å². The Balaban J connectivity index is 2.23. The van der Waals surface area contributed by atoms with Crippen LogP contribution in [0.1, 0.15) is 44.0 Å². The van der Waals surface area contributed by atoms with Crippen LogP contribution in [-0.4, -0.2) is 9.55 Å². The standard InChI is InChI=1S/C9H15N3/c1-7(10)9-5-11-6-12(9)8-3-2-4-8/h5-8H,2-4,10H2,1H3. The van der Waals surface area contributed by atoms with Gasteiger partial charge >= 0.3 is 0 Å². The van der Waals surface area contributed by atoms with Crippen molar-refractivity contribution in [1.29, 1.82) is 0 Å². The Hall–Kier alpha value is -0.830. The second kappa shape index (κ2) is 2.90. The van der Waals surface area contributed by atoms with Crippen LogP contribution in [-0.2, 0) is 0 Å². The molecule has 1 heterocycles. The fourth-order valence-corrected chi connectivity index (χ4v) is 1.64. The largest absolute Gasteiger partial charge is 0.330 e. The molecule has 1 aromatic heterocycles. The van der Waals surface area contributed by atoms with Gasteiger partial charge in [-0.2, -0.15) is 0 Å². The average Bonchev–Trinajstić information content (AvgIpc) is 2.31. The molecule has 0 amide bonds. The van der Waals surface area contributed by atoms with E-state index in [1.807, 2.05) is 19.4 Å². The highest BCUT2D eigenvalue weighted by Crippen LogP contribution is 2.33. The van der Waals surface area contributed by atoms with E-state index in [2.05, 4.69) is 9.55 Å². The lowest BCUT2D eigenvalue weighted by Crippen LogP contribution is -2.21. The van der Waals surface area contributed by atoms with Gasteiger partial charge in [0.15, 0.2) is 0 Å². The second-order valence-electron chi connectivity index (χ2n) is 3.60. The van der Waals surface area contributed by atoms with Crippen molar-refractivity contribution in [2.45, 2.75) is 38.3 Å². The summed E-state index contributed by atoms with van der Waals surface area (Å²) >= 11 is 0. The van der Waals surface area contributed by atoms with Crippen LogP contribution in [0.15, 0.2) is 12.5 Å². The fraction of sp³-hybridized carbons (Fsp3) is 0.667. The lowest BCUT2D eigenvalue weighted by atomic mass is 9.92. The van der Waals surface area contributed by atoms with Crippen LogP contribution in [0.4, 0.5) is 0 Å². The molecule has 0 aromatic carbocycles. The first-order chi connectivity index (χ1) is 5.79. The van der Waals surface area contributed by atoms with Crippen LogP contribution in [0.25, 0.3) is 0 Å². The molecule has 1 aliphatic rings. The van der Waals surface area contributed by atoms with E-state index in [0.717, 1.165) is 0 Å². The molecule has 1 aliphatic carbocycles. The first-order valence-corrected chi connectivity index (χ1v) is 4.56. The summed E-state index contributed by atoms with van der Waals surface area (Å²) in [4.78, 5) is 4.13. The molecule has 0 bridgehead atoms. The third kappa shape index (κ3) is 1.14. The van der Waals surface area contributed by atoms with Crippen LogP contribution in [0.2, 0.25) is 0 Å². The molecule has 1 fully saturated rings. The van der Waals surface area contributed by atoms with Crippen LogP contribution in [0.3, 0.4) is 0 Å². The van der Waals surface area contributed by atoms with E-state index in [1.54, 1.807) is 0 Å². The maximum atomic E-state index is 5.81. The van der Waals surface area contributed by atoms with Gasteiger partial charge in [-0.1, -0.05) is 0 Å². The third-order valence-electron chi connectivity index (χ3n) is 2.63. The molecule has 2 rings (SSSR count). The normalized spacial score (nSPS) is 20.5. The Morgan fingerprint density at radius 3 is 2.92 bits per heavy atom. The Kier molecular flexibility index (Phi) is 1.89. The topological polar surface area (TPSA) is 43.8 Å². The van der Waals surface area contributed by atoms with Crippen LogP contribution in [0.5, 0.6) is 0 Å². The van der Waals surface area contributed by atoms with Gasteiger partial charge in [-0.25, -0.2) is 4.98 Å². The van der Waals surface area contributed by atoms with Gasteiger partial charge in [-0.15, -0.1) is 0 Å². The highest BCUT2D eigenvalue weighted by atomic mass is 15.1. The summed E-state index contributed by atoms with van der Waals surface area (Å²) in [6.45, 7) is 2.01. The van der Waals surface area contributed by atoms with Crippen molar-refractivity contribution in [2.75, 3.05) is 0 Å². The number of imidazole rings is 1. The first-order valence-electron chi connectivity index (χ1n) is 4.56. The second-order valence-corrected chi connectivity index (χ2v) is 3.60. The summed E-state index contributed by atoms with van der Waals surface area (Å²) in [5.41, 5.74) is 6.98. The van der Waals surface area contributed by atoms with Crippen molar-refractivity contribution in [1.82, 2.24) is 9.55 Å². The molecule has 3 heteroatoms. The van der Waals surface area contributed by atoms with Gasteiger partial charge in [0, 0.05) is 18.3 Å². The van der Waals surface area contributed by atoms with Crippen LogP contribution >= 0.6 is 0 Å². The number of nitrogens with two attached hydrogens (primary N) is 1. The summed E-state index contributed by atoms with van der Waals surface area (Å²) in [5.74, 6) is 0. The summed E-state index contributed by atoms with van der Waals surface area (Å²) in [5, 5.41) is 0. The minimum absolute atomic E-state index is 0.105. The Labute approximate surface area is 72.6 Å². The lowest BCUT2D eigenvalue weighted by Gasteiger charge is -2.29. The predicted molar refractivity (Wildman–Crippen MR) is 47.7 cm³/mol. The molecular weight excluding hydrogens is 150 g/mol. The maximum Gasteiger partial charge on any atom is 0.0951 e. The molecular formula is C9H15N3. The van der Waals surface area contributed by atoms with Crippen molar-refractivity contribution in [2.24, 2.45) is 5.73 Å². The first kappa shape index (κ1) is 7.80. The van der Waals surface area contributed by atoms with Crippen molar-refractivity contribution >= 4 is 0 Å². The van der Waals surface area contributed by atoms with Gasteiger partial charge in [-0.05, 0) is 26.2 Å². The van der Waals surface area contributed by atoms with Crippen molar-refractivity contribution in [3.8, 4) is 0 Å². The molecule has 0 aliphatic heterocycles. The van der Waals surface area contributed by atoms with E-state index >= 15 is 0 Å². The van der Waals surface area contributed by atoms with E-state index in [9.17, 15) is 0 Å². The molecule has 3 nitrogen and oxygen atoms in total. The van der Waals surface area contributed by atoms with E-state index in [0.29, 0.717) is 6.04 Å². The molecule has 1 aromatic rings. The van der Waals surface area contributed by atoms with E-state index in [1.165, 1.54) is 25.0 Å². The molecule has 12 heavy (non-hydrogen) atoms. The van der Waals surface area contributed by atoms with Gasteiger partial charge in [0.05, 0.1) is 12.0 Å². The summed E-state index contributed by atoms with van der Waals surface area (Å²) in [6, 6.07) is 0.779. The van der Waals surface area contributed by atoms with Crippen molar-refractivity contribution in [3.05, 3.63) is 18.2 Å². The zero-order valence-corrected chi connectivity index (χ0v) is 7.40. The van der Waals surface area contributed by atoms with Gasteiger partial charge < -0.3 is 10.3 Å².